The number of para-hydroxylation sites is 1. The summed E-state index contributed by atoms with van der Waals surface area (Å²) >= 11 is 0. The minimum absolute atomic E-state index is 0.205. The molecule has 166 valence electrons. The molecule has 2 aromatic carbocycles. The fraction of sp³-hybridized carbons (Fsp3) is 0.227. The Kier molecular flexibility index (Phi) is 6.33. The first-order chi connectivity index (χ1) is 15.4. The van der Waals surface area contributed by atoms with Gasteiger partial charge in [0.2, 0.25) is 15.9 Å². The van der Waals surface area contributed by atoms with Crippen molar-refractivity contribution in [1.29, 1.82) is 0 Å². The molecule has 32 heavy (non-hydrogen) atoms. The van der Waals surface area contributed by atoms with Crippen molar-refractivity contribution in [3.05, 3.63) is 66.7 Å². The highest BCUT2D eigenvalue weighted by atomic mass is 32.2. The van der Waals surface area contributed by atoms with Crippen LogP contribution in [0.2, 0.25) is 0 Å². The van der Waals surface area contributed by atoms with Crippen LogP contribution in [-0.4, -0.2) is 55.0 Å². The van der Waals surface area contributed by atoms with Crippen LogP contribution in [0.4, 0.5) is 23.0 Å². The smallest absolute Gasteiger partial charge is 0.243 e. The molecule has 2 N–H and O–H groups in total. The fourth-order valence-electron chi connectivity index (χ4n) is 3.45. The van der Waals surface area contributed by atoms with Crippen molar-refractivity contribution in [3.63, 3.8) is 0 Å². The monoisotopic (exact) mass is 452 g/mol. The third-order valence-corrected chi connectivity index (χ3v) is 6.98. The number of aromatic nitrogens is 2. The third-order valence-electron chi connectivity index (χ3n) is 5.07. The van der Waals surface area contributed by atoms with Crippen LogP contribution in [0.15, 0.2) is 71.6 Å². The number of amides is 1. The maximum atomic E-state index is 13.0. The average molecular weight is 453 g/mol. The second kappa shape index (κ2) is 9.33. The van der Waals surface area contributed by atoms with E-state index in [0.717, 1.165) is 5.69 Å². The zero-order valence-corrected chi connectivity index (χ0v) is 18.4. The summed E-state index contributed by atoms with van der Waals surface area (Å²) in [6.45, 7) is 3.14. The molecule has 2 heterocycles. The van der Waals surface area contributed by atoms with Gasteiger partial charge in [-0.2, -0.15) is 4.31 Å². The average Bonchev–Trinajstić information content (AvgIpc) is 2.80. The van der Waals surface area contributed by atoms with Crippen LogP contribution in [0, 0.1) is 0 Å². The lowest BCUT2D eigenvalue weighted by Crippen LogP contribution is -2.49. The second-order valence-electron chi connectivity index (χ2n) is 7.36. The SMILES string of the molecule is CC(=O)Nc1ccc(S(=O)(=O)N2CCN(c3ccc(Nc4ccccc4)nn3)CC2)cc1. The second-order valence-corrected chi connectivity index (χ2v) is 9.30. The Morgan fingerprint density at radius 2 is 1.53 bits per heavy atom. The summed E-state index contributed by atoms with van der Waals surface area (Å²) in [5.41, 5.74) is 1.49. The molecule has 0 radical (unpaired) electrons. The molecule has 0 unspecified atom stereocenters. The minimum atomic E-state index is -3.61. The first-order valence-electron chi connectivity index (χ1n) is 10.2. The molecular weight excluding hydrogens is 428 g/mol. The summed E-state index contributed by atoms with van der Waals surface area (Å²) < 4.78 is 27.4. The number of hydrogen-bond donors (Lipinski definition) is 2. The Bertz CT molecular complexity index is 1160. The van der Waals surface area contributed by atoms with Crippen LogP contribution in [0.25, 0.3) is 0 Å². The maximum Gasteiger partial charge on any atom is 0.243 e. The van der Waals surface area contributed by atoms with Crippen LogP contribution in [0.3, 0.4) is 0 Å². The van der Waals surface area contributed by atoms with Gasteiger partial charge in [0, 0.05) is 44.5 Å². The molecule has 9 nitrogen and oxygen atoms in total. The molecule has 1 aliphatic heterocycles. The minimum Gasteiger partial charge on any atom is -0.352 e. The third kappa shape index (κ3) is 5.04. The van der Waals surface area contributed by atoms with E-state index in [9.17, 15) is 13.2 Å². The molecule has 0 bridgehead atoms. The van der Waals surface area contributed by atoms with Crippen LogP contribution in [0.1, 0.15) is 6.92 Å². The van der Waals surface area contributed by atoms with Gasteiger partial charge in [0.05, 0.1) is 4.90 Å². The molecule has 0 aliphatic carbocycles. The van der Waals surface area contributed by atoms with Gasteiger partial charge in [-0.3, -0.25) is 4.79 Å². The number of nitrogens with one attached hydrogen (secondary N) is 2. The van der Waals surface area contributed by atoms with Gasteiger partial charge in [-0.05, 0) is 48.5 Å². The van der Waals surface area contributed by atoms with Crippen LogP contribution < -0.4 is 15.5 Å². The number of anilines is 4. The number of carbonyl (C=O) groups is 1. The van der Waals surface area contributed by atoms with Gasteiger partial charge in [-0.1, -0.05) is 18.2 Å². The Morgan fingerprint density at radius 3 is 2.12 bits per heavy atom. The normalized spacial score (nSPS) is 14.7. The van der Waals surface area contributed by atoms with Gasteiger partial charge in [-0.25, -0.2) is 8.42 Å². The van der Waals surface area contributed by atoms with Gasteiger partial charge in [0.1, 0.15) is 0 Å². The van der Waals surface area contributed by atoms with Crippen molar-refractivity contribution in [2.45, 2.75) is 11.8 Å². The molecule has 1 amide bonds. The van der Waals surface area contributed by atoms with Crippen LogP contribution in [0.5, 0.6) is 0 Å². The van der Waals surface area contributed by atoms with E-state index in [1.54, 1.807) is 12.1 Å². The molecule has 1 saturated heterocycles. The Labute approximate surface area is 187 Å². The van der Waals surface area contributed by atoms with Gasteiger partial charge in [-0.15, -0.1) is 10.2 Å². The molecule has 1 aromatic heterocycles. The van der Waals surface area contributed by atoms with Crippen LogP contribution in [-0.2, 0) is 14.8 Å². The molecule has 3 aromatic rings. The molecule has 10 heteroatoms. The number of carbonyl (C=O) groups excluding carboxylic acids is 1. The maximum absolute atomic E-state index is 13.0. The van der Waals surface area contributed by atoms with Gasteiger partial charge < -0.3 is 15.5 Å². The lowest BCUT2D eigenvalue weighted by Gasteiger charge is -2.34. The highest BCUT2D eigenvalue weighted by Gasteiger charge is 2.29. The largest absolute Gasteiger partial charge is 0.352 e. The predicted molar refractivity (Wildman–Crippen MR) is 123 cm³/mol. The first kappa shape index (κ1) is 21.7. The summed E-state index contributed by atoms with van der Waals surface area (Å²) in [7, 11) is -3.61. The highest BCUT2D eigenvalue weighted by Crippen LogP contribution is 2.22. The summed E-state index contributed by atoms with van der Waals surface area (Å²) in [5.74, 6) is 1.15. The van der Waals surface area contributed by atoms with Crippen molar-refractivity contribution in [1.82, 2.24) is 14.5 Å². The van der Waals surface area contributed by atoms with E-state index in [4.69, 9.17) is 0 Å². The van der Waals surface area contributed by atoms with Crippen LogP contribution >= 0.6 is 0 Å². The molecule has 1 fully saturated rings. The first-order valence-corrected chi connectivity index (χ1v) is 11.6. The zero-order valence-electron chi connectivity index (χ0n) is 17.6. The van der Waals surface area contributed by atoms with E-state index < -0.39 is 10.0 Å². The highest BCUT2D eigenvalue weighted by molar-refractivity contribution is 7.89. The molecule has 1 aliphatic rings. The summed E-state index contributed by atoms with van der Waals surface area (Å²) in [6.07, 6.45) is 0. The molecule has 0 spiro atoms. The zero-order chi connectivity index (χ0) is 22.6. The quantitative estimate of drug-likeness (QED) is 0.592. The van der Waals surface area contributed by atoms with E-state index >= 15 is 0 Å². The number of sulfonamides is 1. The molecule has 0 saturated carbocycles. The summed E-state index contributed by atoms with van der Waals surface area (Å²) in [6, 6.07) is 19.7. The Hall–Kier alpha value is -3.50. The molecule has 0 atom stereocenters. The Balaban J connectivity index is 1.36. The standard InChI is InChI=1S/C22H24N6O3S/c1-17(29)23-19-7-9-20(10-8-19)32(30,31)28-15-13-27(14-16-28)22-12-11-21(25-26-22)24-18-5-3-2-4-6-18/h2-12H,13-16H2,1H3,(H,23,29)(H,24,25). The van der Waals surface area contributed by atoms with Crippen molar-refractivity contribution in [3.8, 4) is 0 Å². The number of rotatable bonds is 6. The van der Waals surface area contributed by atoms with Gasteiger partial charge in [0.15, 0.2) is 11.6 Å². The van der Waals surface area contributed by atoms with Gasteiger partial charge >= 0.3 is 0 Å². The molecular formula is C22H24N6O3S. The number of hydrogen-bond acceptors (Lipinski definition) is 7. The van der Waals surface area contributed by atoms with E-state index in [-0.39, 0.29) is 10.8 Å². The van der Waals surface area contributed by atoms with E-state index in [1.807, 2.05) is 47.4 Å². The van der Waals surface area contributed by atoms with Crippen molar-refractivity contribution < 1.29 is 13.2 Å². The number of benzene rings is 2. The number of nitrogens with zero attached hydrogens (tertiary/aromatic N) is 4. The molecule has 4 rings (SSSR count). The number of piperazine rings is 1. The van der Waals surface area contributed by atoms with Gasteiger partial charge in [0.25, 0.3) is 0 Å². The Morgan fingerprint density at radius 1 is 0.844 bits per heavy atom. The summed E-state index contributed by atoms with van der Waals surface area (Å²) in [4.78, 5) is 13.4. The fourth-order valence-corrected chi connectivity index (χ4v) is 4.87. The van der Waals surface area contributed by atoms with E-state index in [0.29, 0.717) is 43.5 Å². The van der Waals surface area contributed by atoms with E-state index in [2.05, 4.69) is 20.8 Å². The van der Waals surface area contributed by atoms with Crippen molar-refractivity contribution >= 4 is 38.9 Å². The van der Waals surface area contributed by atoms with Crippen molar-refractivity contribution in [2.24, 2.45) is 0 Å². The topological polar surface area (TPSA) is 108 Å². The lowest BCUT2D eigenvalue weighted by atomic mass is 10.3. The van der Waals surface area contributed by atoms with E-state index in [1.165, 1.54) is 23.4 Å². The summed E-state index contributed by atoms with van der Waals surface area (Å²) in [5, 5.41) is 14.3. The predicted octanol–water partition coefficient (Wildman–Crippen LogP) is 2.69. The van der Waals surface area contributed by atoms with Crippen molar-refractivity contribution in [2.75, 3.05) is 41.7 Å². The lowest BCUT2D eigenvalue weighted by molar-refractivity contribution is -0.114.